The minimum absolute atomic E-state index is 0.0123. The van der Waals surface area contributed by atoms with Gasteiger partial charge in [-0.15, -0.1) is 0 Å². The molecule has 0 spiro atoms. The number of aliphatic hydroxyl groups excluding tert-OH is 1. The van der Waals surface area contributed by atoms with Gasteiger partial charge < -0.3 is 14.9 Å². The lowest BCUT2D eigenvalue weighted by Gasteiger charge is -2.27. The van der Waals surface area contributed by atoms with E-state index >= 15 is 0 Å². The van der Waals surface area contributed by atoms with E-state index in [1.807, 2.05) is 9.47 Å². The number of rotatable bonds is 22. The number of ketones is 1. The minimum atomic E-state index is -4.68. The molecule has 0 saturated heterocycles. The first kappa shape index (κ1) is 47.4. The van der Waals surface area contributed by atoms with E-state index in [2.05, 4.69) is 13.8 Å². The smallest absolute Gasteiger partial charge is 0.418 e. The highest BCUT2D eigenvalue weighted by molar-refractivity contribution is 6.32. The van der Waals surface area contributed by atoms with Crippen molar-refractivity contribution < 1.29 is 40.8 Å². The second-order valence-corrected chi connectivity index (χ2v) is 16.7. The van der Waals surface area contributed by atoms with Crippen LogP contribution in [0, 0.1) is 0 Å². The molecule has 0 saturated carbocycles. The van der Waals surface area contributed by atoms with Crippen molar-refractivity contribution in [2.75, 3.05) is 22.9 Å². The van der Waals surface area contributed by atoms with Gasteiger partial charge in [-0.25, -0.2) is 9.13 Å². The van der Waals surface area contributed by atoms with E-state index in [0.717, 1.165) is 89.2 Å². The van der Waals surface area contributed by atoms with Gasteiger partial charge in [0, 0.05) is 31.3 Å². The Hall–Kier alpha value is -3.64. The molecule has 0 bridgehead atoms. The molecule has 0 unspecified atom stereocenters. The van der Waals surface area contributed by atoms with Crippen LogP contribution in [0.25, 0.3) is 17.1 Å². The largest absolute Gasteiger partial charge is 0.506 e. The maximum Gasteiger partial charge on any atom is 0.418 e. The molecule has 0 atom stereocenters. The molecule has 2 aromatic carbocycles. The monoisotopic (exact) mass is 883 g/mol. The molecular weight excluding hydrogens is 825 g/mol. The number of hydrogen-bond acceptors (Lipinski definition) is 4. The van der Waals surface area contributed by atoms with Crippen molar-refractivity contribution >= 4 is 57.5 Å². The summed E-state index contributed by atoms with van der Waals surface area (Å²) in [7, 11) is 0. The highest BCUT2D eigenvalue weighted by atomic mass is 35.5. The highest BCUT2D eigenvalue weighted by Gasteiger charge is 2.41. The first-order valence-electron chi connectivity index (χ1n) is 21.8. The Morgan fingerprint density at radius 1 is 0.650 bits per heavy atom. The number of aromatic nitrogens is 2. The summed E-state index contributed by atoms with van der Waals surface area (Å²) in [6, 6.07) is 4.72. The van der Waals surface area contributed by atoms with Crippen LogP contribution in [0.2, 0.25) is 10.0 Å². The van der Waals surface area contributed by atoms with Crippen molar-refractivity contribution in [3.05, 3.63) is 80.1 Å². The predicted octanol–water partition coefficient (Wildman–Crippen LogP) is 14.5. The maximum atomic E-state index is 14.1. The van der Waals surface area contributed by atoms with Gasteiger partial charge >= 0.3 is 12.4 Å². The van der Waals surface area contributed by atoms with Crippen molar-refractivity contribution in [2.24, 2.45) is 0 Å². The molecule has 1 aromatic heterocycles. The number of allylic oxidation sites excluding steroid dienone is 3. The van der Waals surface area contributed by atoms with Gasteiger partial charge in [0.2, 0.25) is 5.78 Å². The summed E-state index contributed by atoms with van der Waals surface area (Å²) in [5, 5.41) is 10.7. The molecule has 6 nitrogen and oxygen atoms in total. The Labute approximate surface area is 360 Å². The highest BCUT2D eigenvalue weighted by Crippen LogP contribution is 2.49. The van der Waals surface area contributed by atoms with Crippen LogP contribution in [-0.2, 0) is 30.2 Å². The summed E-state index contributed by atoms with van der Waals surface area (Å²) in [5.41, 5.74) is -0.378. The summed E-state index contributed by atoms with van der Waals surface area (Å²) >= 11 is 12.5. The fraction of sp³-hybridized carbons (Fsp3) is 0.565. The number of alkyl halides is 6. The first-order chi connectivity index (χ1) is 28.6. The molecule has 1 aliphatic heterocycles. The van der Waals surface area contributed by atoms with E-state index in [1.165, 1.54) is 50.0 Å². The van der Waals surface area contributed by atoms with Gasteiger partial charge in [0.1, 0.15) is 11.6 Å². The molecule has 0 fully saturated rings. The summed E-state index contributed by atoms with van der Waals surface area (Å²) in [4.78, 5) is 17.6. The van der Waals surface area contributed by atoms with Gasteiger partial charge in [0.15, 0.2) is 11.0 Å². The number of Topliss-reactive ketones (excluding diaryl/α,β-unsaturated/α-hetero) is 1. The van der Waals surface area contributed by atoms with Crippen LogP contribution in [0.15, 0.2) is 53.1 Å². The van der Waals surface area contributed by atoms with Crippen LogP contribution in [0.3, 0.4) is 0 Å². The lowest BCUT2D eigenvalue weighted by molar-refractivity contribution is -0.674. The third-order valence-electron chi connectivity index (χ3n) is 11.7. The number of carbonyl (C=O) groups excluding carboxylic acids is 1. The molecule has 0 amide bonds. The average molecular weight is 885 g/mol. The topological polar surface area (TPSA) is 52.6 Å². The predicted molar refractivity (Wildman–Crippen MR) is 231 cm³/mol. The first-order valence-corrected chi connectivity index (χ1v) is 22.5. The molecule has 2 aliphatic rings. The molecule has 60 heavy (non-hydrogen) atoms. The van der Waals surface area contributed by atoms with Crippen LogP contribution in [0.4, 0.5) is 37.7 Å². The fourth-order valence-corrected chi connectivity index (χ4v) is 8.94. The Morgan fingerprint density at radius 3 is 1.70 bits per heavy atom. The lowest BCUT2D eigenvalue weighted by Crippen LogP contribution is -2.37. The zero-order valence-electron chi connectivity index (χ0n) is 35.3. The van der Waals surface area contributed by atoms with Gasteiger partial charge in [0.05, 0.1) is 56.8 Å². The molecule has 330 valence electrons. The third-order valence-corrected chi connectivity index (χ3v) is 12.3. The minimum Gasteiger partial charge on any atom is -0.506 e. The second-order valence-electron chi connectivity index (χ2n) is 15.9. The van der Waals surface area contributed by atoms with Gasteiger partial charge in [-0.1, -0.05) is 121 Å². The molecule has 2 heterocycles. The number of halogens is 8. The average Bonchev–Trinajstić information content (AvgIpc) is 3.65. The van der Waals surface area contributed by atoms with Crippen molar-refractivity contribution in [1.82, 2.24) is 4.57 Å². The maximum absolute atomic E-state index is 14.1. The van der Waals surface area contributed by atoms with E-state index in [0.29, 0.717) is 47.1 Å². The van der Waals surface area contributed by atoms with E-state index in [4.69, 9.17) is 23.2 Å². The number of nitrogens with zero attached hydrogens (tertiary/aromatic N) is 4. The van der Waals surface area contributed by atoms with Crippen LogP contribution < -0.4 is 14.4 Å². The molecule has 3 aromatic rings. The van der Waals surface area contributed by atoms with Gasteiger partial charge in [-0.05, 0) is 51.3 Å². The van der Waals surface area contributed by atoms with Crippen LogP contribution in [0.5, 0.6) is 0 Å². The number of anilines is 2. The van der Waals surface area contributed by atoms with E-state index in [-0.39, 0.29) is 30.0 Å². The third kappa shape index (κ3) is 10.7. The van der Waals surface area contributed by atoms with E-state index in [9.17, 15) is 36.2 Å². The van der Waals surface area contributed by atoms with Crippen molar-refractivity contribution in [3.8, 4) is 0 Å². The van der Waals surface area contributed by atoms with E-state index in [1.54, 1.807) is 23.3 Å². The number of hydrogen-bond donors (Lipinski definition) is 1. The molecular formula is C46H59Cl2F6N4O2+. The lowest BCUT2D eigenvalue weighted by atomic mass is 9.87. The van der Waals surface area contributed by atoms with Crippen LogP contribution in [0.1, 0.15) is 147 Å². The van der Waals surface area contributed by atoms with Crippen molar-refractivity contribution in [2.45, 2.75) is 156 Å². The van der Waals surface area contributed by atoms with Crippen molar-refractivity contribution in [1.29, 1.82) is 0 Å². The fourth-order valence-electron chi connectivity index (χ4n) is 8.41. The standard InChI is InChI=1S/C46H58Cl2F6N4O2/c1-5-9-11-13-15-17-19-21-23-57-39-29-35(47)33(45(49,50)51)27-37(39)55(7-3)41(57)25-31-43(59)32(44(31)60)26-42-56(8-4)38-28-34(46(52,53)54)36(48)30-40(38)58(42)24-22-20-18-16-14-12-10-6-2/h25-30H,5-24H2,1-4H3/p+1. The SMILES string of the molecule is CCCCCCCCCCN1/C(=C\C2=C(O)C(=C\c3n(CC)c4cc(C(F)(F)F)c(Cl)cc4[n+]3CCCCCCCCCC)/C2=O)N(CC)c2cc(C(F)(F)F)c(Cl)cc21. The number of aryl methyl sites for hydroxylation is 2. The molecule has 1 aliphatic carbocycles. The number of unbranched alkanes of at least 4 members (excludes halogenated alkanes) is 14. The molecule has 5 rings (SSSR count). The number of carbonyl (C=O) groups is 1. The molecule has 0 radical (unpaired) electrons. The molecule has 1 N–H and O–H groups in total. The normalized spacial score (nSPS) is 16.0. The Morgan fingerprint density at radius 2 is 1.17 bits per heavy atom. The number of benzene rings is 2. The number of aliphatic hydroxyl groups is 1. The quantitative estimate of drug-likeness (QED) is 0.0473. The van der Waals surface area contributed by atoms with Crippen molar-refractivity contribution in [3.63, 3.8) is 0 Å². The summed E-state index contributed by atoms with van der Waals surface area (Å²) in [5.74, 6) is 0.0952. The zero-order chi connectivity index (χ0) is 43.8. The molecule has 14 heteroatoms. The summed E-state index contributed by atoms with van der Waals surface area (Å²) in [6.45, 7) is 9.39. The van der Waals surface area contributed by atoms with Crippen LogP contribution in [-0.4, -0.2) is 28.5 Å². The van der Waals surface area contributed by atoms with Gasteiger partial charge in [0.25, 0.3) is 5.82 Å². The van der Waals surface area contributed by atoms with Crippen LogP contribution >= 0.6 is 23.2 Å². The zero-order valence-corrected chi connectivity index (χ0v) is 36.8. The second kappa shape index (κ2) is 21.0. The number of fused-ring (bicyclic) bond motifs is 2. The Kier molecular flexibility index (Phi) is 16.6. The summed E-state index contributed by atoms with van der Waals surface area (Å²) in [6.07, 6.45) is 10.6. The summed E-state index contributed by atoms with van der Waals surface area (Å²) < 4.78 is 87.9. The van der Waals surface area contributed by atoms with Gasteiger partial charge in [-0.3, -0.25) is 4.79 Å². The Balaban J connectivity index is 1.52. The Bertz CT molecular complexity index is 2080. The van der Waals surface area contributed by atoms with E-state index < -0.39 is 39.3 Å². The number of imidazole rings is 1. The van der Waals surface area contributed by atoms with Gasteiger partial charge in [-0.2, -0.15) is 26.3 Å².